The summed E-state index contributed by atoms with van der Waals surface area (Å²) in [5.41, 5.74) is 0.310. The van der Waals surface area contributed by atoms with Gasteiger partial charge in [-0.2, -0.15) is 0 Å². The number of fused-ring (bicyclic) bond motifs is 14. The van der Waals surface area contributed by atoms with Crippen LogP contribution < -0.4 is 0 Å². The van der Waals surface area contributed by atoms with Crippen molar-refractivity contribution in [2.45, 2.75) is 234 Å². The first-order valence-corrected chi connectivity index (χ1v) is 31.4. The molecule has 75 heavy (non-hydrogen) atoms. The van der Waals surface area contributed by atoms with Crippen LogP contribution in [0.15, 0.2) is 60.7 Å². The standard InChI is InChI=1S/C68H98O7/c1-41(2)19-17-21-43(5)49-27-29-51-55-53(33-35-63(49,51)7)65(9)37-31-47(71-59(69)45-23-13-11-14-24-45)39-67(65)57(55)61-73-62(75-67)58-56-52-30-28-50(44(6)22-18-20-42(3)4)64(52,8)36-34-54(56)66(10)38-32-48(40-68(58,66)74-61)72-60(70)46-25-15-12-16-26-46/h11-16,23-26,41-44,47-58,61-62H,17-22,27-40H2,1-10H3/t43-,44-,47+,48+,49-,50-,51+,52+,53+,54+,55+,56+,57+,58+,61-,62-,63-,64-,65-,66-,67-,68-/m1/s1. The van der Waals surface area contributed by atoms with Crippen LogP contribution in [0, 0.1) is 105 Å². The smallest absolute Gasteiger partial charge is 0.338 e. The van der Waals surface area contributed by atoms with Crippen LogP contribution in [0.1, 0.15) is 218 Å². The summed E-state index contributed by atoms with van der Waals surface area (Å²) in [5, 5.41) is 0. The van der Waals surface area contributed by atoms with Crippen LogP contribution in [-0.2, 0) is 23.7 Å². The van der Waals surface area contributed by atoms with Gasteiger partial charge in [-0.1, -0.05) is 144 Å². The molecule has 0 radical (unpaired) electrons. The molecule has 22 atom stereocenters. The Morgan fingerprint density at radius 1 is 0.507 bits per heavy atom. The topological polar surface area (TPSA) is 80.3 Å². The van der Waals surface area contributed by atoms with Crippen molar-refractivity contribution in [3.05, 3.63) is 71.8 Å². The molecule has 2 heterocycles. The Bertz CT molecular complexity index is 2220. The number of rotatable bonds is 14. The molecule has 412 valence electrons. The molecule has 2 aliphatic heterocycles. The van der Waals surface area contributed by atoms with E-state index < -0.39 is 23.8 Å². The van der Waals surface area contributed by atoms with Gasteiger partial charge >= 0.3 is 11.9 Å². The zero-order valence-corrected chi connectivity index (χ0v) is 48.2. The predicted molar refractivity (Wildman–Crippen MR) is 295 cm³/mol. The molecule has 2 saturated heterocycles. The van der Waals surface area contributed by atoms with E-state index in [1.54, 1.807) is 0 Å². The first-order valence-electron chi connectivity index (χ1n) is 31.4. The van der Waals surface area contributed by atoms with Crippen molar-refractivity contribution in [2.75, 3.05) is 0 Å². The van der Waals surface area contributed by atoms with Gasteiger partial charge in [-0.25, -0.2) is 9.59 Å². The Morgan fingerprint density at radius 3 is 1.29 bits per heavy atom. The number of carbonyl (C=O) groups is 2. The summed E-state index contributed by atoms with van der Waals surface area (Å²) in [5.74, 6) is 6.65. The van der Waals surface area contributed by atoms with Gasteiger partial charge in [0.2, 0.25) is 0 Å². The minimum atomic E-state index is -0.576. The highest BCUT2D eigenvalue weighted by molar-refractivity contribution is 5.90. The van der Waals surface area contributed by atoms with Gasteiger partial charge in [-0.05, 0) is 183 Å². The maximum absolute atomic E-state index is 14.1. The molecule has 2 aromatic rings. The second-order valence-corrected chi connectivity index (χ2v) is 29.7. The summed E-state index contributed by atoms with van der Waals surface area (Å²) in [6.07, 6.45) is 21.6. The fourth-order valence-corrected chi connectivity index (χ4v) is 22.3. The summed E-state index contributed by atoms with van der Waals surface area (Å²) in [4.78, 5) is 28.3. The molecular weight excluding hydrogens is 929 g/mol. The molecule has 2 bridgehead atoms. The fraction of sp³-hybridized carbons (Fsp3) is 0.794. The van der Waals surface area contributed by atoms with Gasteiger partial charge in [-0.15, -0.1) is 0 Å². The van der Waals surface area contributed by atoms with E-state index in [-0.39, 0.29) is 57.6 Å². The van der Waals surface area contributed by atoms with Crippen LogP contribution in [0.25, 0.3) is 0 Å². The maximum Gasteiger partial charge on any atom is 0.338 e. The van der Waals surface area contributed by atoms with E-state index in [0.29, 0.717) is 83.1 Å². The monoisotopic (exact) mass is 1030 g/mol. The molecule has 10 fully saturated rings. The van der Waals surface area contributed by atoms with E-state index in [1.807, 2.05) is 60.7 Å². The Kier molecular flexibility index (Phi) is 13.8. The quantitative estimate of drug-likeness (QED) is 0.174. The van der Waals surface area contributed by atoms with E-state index in [4.69, 9.17) is 23.7 Å². The van der Waals surface area contributed by atoms with Gasteiger partial charge in [0.25, 0.3) is 0 Å². The maximum atomic E-state index is 14.1. The largest absolute Gasteiger partial charge is 0.459 e. The molecule has 10 aliphatic rings. The zero-order chi connectivity index (χ0) is 52.5. The Hall–Kier alpha value is -2.74. The second-order valence-electron chi connectivity index (χ2n) is 29.7. The molecule has 0 unspecified atom stereocenters. The van der Waals surface area contributed by atoms with Crippen LogP contribution in [0.3, 0.4) is 0 Å². The molecule has 7 nitrogen and oxygen atoms in total. The fourth-order valence-electron chi connectivity index (χ4n) is 22.3. The Balaban J connectivity index is 0.951. The highest BCUT2D eigenvalue weighted by atomic mass is 16.8. The van der Waals surface area contributed by atoms with Gasteiger partial charge in [0.1, 0.15) is 12.2 Å². The molecule has 8 aliphatic carbocycles. The van der Waals surface area contributed by atoms with Crippen LogP contribution in [0.5, 0.6) is 0 Å². The van der Waals surface area contributed by atoms with Crippen molar-refractivity contribution < 1.29 is 33.3 Å². The number of ether oxygens (including phenoxy) is 5. The SMILES string of the molecule is CC(C)CCC[C@@H](C)[C@H]1CC[C@H]2[C@@H]3[C@H]4[C@@H]5O[C@H](O[C@]46C[C@@H](OC(=O)c4ccccc4)CC[C@]6(C)[C@H]3CC[C@]12C)[C@@H]1[C@H]2[C@@H]3CC[C@H]([C@H](C)CCCC(C)C)[C@@]3(C)CC[C@@H]2[C@@]2(C)CC[C@H](OC(=O)c3ccccc3)C[C@@]12O5. The van der Waals surface area contributed by atoms with Crippen LogP contribution in [-0.4, -0.2) is 47.9 Å². The lowest BCUT2D eigenvalue weighted by Crippen LogP contribution is -2.73. The average molecular weight is 1030 g/mol. The predicted octanol–water partition coefficient (Wildman–Crippen LogP) is 16.3. The Labute approximate surface area is 453 Å². The third-order valence-electron chi connectivity index (χ3n) is 25.7. The minimum absolute atomic E-state index is 0.00358. The van der Waals surface area contributed by atoms with E-state index in [9.17, 15) is 9.59 Å². The van der Waals surface area contributed by atoms with Crippen LogP contribution in [0.4, 0.5) is 0 Å². The number of esters is 2. The summed E-state index contributed by atoms with van der Waals surface area (Å²) >= 11 is 0. The number of carbonyl (C=O) groups excluding carboxylic acids is 2. The van der Waals surface area contributed by atoms with Crippen molar-refractivity contribution in [3.63, 3.8) is 0 Å². The first-order chi connectivity index (χ1) is 35.9. The molecule has 7 heteroatoms. The van der Waals surface area contributed by atoms with E-state index in [1.165, 1.54) is 89.9 Å². The van der Waals surface area contributed by atoms with Gasteiger partial charge in [0, 0.05) is 35.5 Å². The molecule has 0 amide bonds. The summed E-state index contributed by atoms with van der Waals surface area (Å²) in [7, 11) is 0. The number of hydrogen-bond acceptors (Lipinski definition) is 7. The van der Waals surface area contributed by atoms with Crippen LogP contribution >= 0.6 is 0 Å². The van der Waals surface area contributed by atoms with Crippen LogP contribution in [0.2, 0.25) is 0 Å². The molecule has 0 N–H and O–H groups in total. The van der Waals surface area contributed by atoms with Gasteiger partial charge in [0.05, 0.1) is 22.3 Å². The van der Waals surface area contributed by atoms with E-state index in [2.05, 4.69) is 69.2 Å². The summed E-state index contributed by atoms with van der Waals surface area (Å²) < 4.78 is 38.2. The lowest BCUT2D eigenvalue weighted by atomic mass is 9.53. The third-order valence-corrected chi connectivity index (χ3v) is 25.7. The number of benzene rings is 2. The molecule has 8 saturated carbocycles. The second kappa shape index (κ2) is 19.5. The minimum Gasteiger partial charge on any atom is -0.459 e. The molecule has 2 spiro atoms. The molecule has 2 aromatic carbocycles. The Morgan fingerprint density at radius 2 is 0.907 bits per heavy atom. The van der Waals surface area contributed by atoms with Crippen molar-refractivity contribution in [2.24, 2.45) is 105 Å². The van der Waals surface area contributed by atoms with Crippen molar-refractivity contribution in [1.29, 1.82) is 0 Å². The lowest BCUT2D eigenvalue weighted by Gasteiger charge is -2.65. The summed E-state index contributed by atoms with van der Waals surface area (Å²) in [6.45, 7) is 25.3. The summed E-state index contributed by atoms with van der Waals surface area (Å²) in [6, 6.07) is 19.3. The molecule has 0 aromatic heterocycles. The zero-order valence-electron chi connectivity index (χ0n) is 48.2. The normalized spacial score (nSPS) is 46.8. The number of hydrogen-bond donors (Lipinski definition) is 0. The molecule has 12 rings (SSSR count). The molecular formula is C68H98O7. The van der Waals surface area contributed by atoms with Crippen molar-refractivity contribution in [1.82, 2.24) is 0 Å². The van der Waals surface area contributed by atoms with E-state index in [0.717, 1.165) is 37.5 Å². The van der Waals surface area contributed by atoms with Gasteiger partial charge in [0.15, 0.2) is 12.6 Å². The van der Waals surface area contributed by atoms with Crippen molar-refractivity contribution in [3.8, 4) is 0 Å². The first kappa shape index (κ1) is 52.9. The lowest BCUT2D eigenvalue weighted by molar-refractivity contribution is -0.467. The highest BCUT2D eigenvalue weighted by Crippen LogP contribution is 2.81. The van der Waals surface area contributed by atoms with Gasteiger partial charge < -0.3 is 23.7 Å². The third kappa shape index (κ3) is 8.11. The van der Waals surface area contributed by atoms with E-state index >= 15 is 0 Å². The van der Waals surface area contributed by atoms with Gasteiger partial charge in [-0.3, -0.25) is 0 Å². The van der Waals surface area contributed by atoms with Crippen molar-refractivity contribution >= 4 is 11.9 Å². The highest BCUT2D eigenvalue weighted by Gasteiger charge is 2.83. The average Bonchev–Trinajstić information content (AvgIpc) is 4.24.